The van der Waals surface area contributed by atoms with Crippen molar-refractivity contribution in [1.82, 2.24) is 4.98 Å². The van der Waals surface area contributed by atoms with Gasteiger partial charge in [-0.2, -0.15) is 0 Å². The van der Waals surface area contributed by atoms with Gasteiger partial charge in [0.25, 0.3) is 5.91 Å². The number of amides is 1. The second-order valence-corrected chi connectivity index (χ2v) is 7.84. The zero-order valence-electron chi connectivity index (χ0n) is 16.8. The first kappa shape index (κ1) is 19.8. The van der Waals surface area contributed by atoms with E-state index in [0.29, 0.717) is 27.8 Å². The third-order valence-corrected chi connectivity index (χ3v) is 6.03. The molecule has 4 rings (SSSR count). The van der Waals surface area contributed by atoms with Crippen molar-refractivity contribution in [2.24, 2.45) is 0 Å². The van der Waals surface area contributed by atoms with E-state index in [1.54, 1.807) is 48.6 Å². The van der Waals surface area contributed by atoms with Gasteiger partial charge in [-0.05, 0) is 49.7 Å². The molecule has 0 bridgehead atoms. The lowest BCUT2D eigenvalue weighted by atomic mass is 10.1. The predicted molar refractivity (Wildman–Crippen MR) is 117 cm³/mol. The molecule has 0 aliphatic heterocycles. The van der Waals surface area contributed by atoms with E-state index in [2.05, 4.69) is 0 Å². The van der Waals surface area contributed by atoms with Crippen LogP contribution in [-0.4, -0.2) is 23.8 Å². The lowest BCUT2D eigenvalue weighted by Gasteiger charge is -2.19. The highest BCUT2D eigenvalue weighted by Gasteiger charge is 2.24. The first-order chi connectivity index (χ1) is 14.5. The smallest absolute Gasteiger partial charge is 0.260 e. The largest absolute Gasteiger partial charge is 0.494 e. The Kier molecular flexibility index (Phi) is 5.37. The van der Waals surface area contributed by atoms with Gasteiger partial charge in [-0.1, -0.05) is 29.5 Å². The number of carbonyl (C=O) groups is 2. The molecule has 6 nitrogen and oxygen atoms in total. The fourth-order valence-electron chi connectivity index (χ4n) is 3.17. The fourth-order valence-corrected chi connectivity index (χ4v) is 4.22. The number of nitrogens with zero attached hydrogens (tertiary/aromatic N) is 2. The highest BCUT2D eigenvalue weighted by molar-refractivity contribution is 7.22. The summed E-state index contributed by atoms with van der Waals surface area (Å²) in [5.74, 6) is 1.04. The number of furan rings is 1. The quantitative estimate of drug-likeness (QED) is 0.398. The molecule has 0 unspecified atom stereocenters. The van der Waals surface area contributed by atoms with E-state index < -0.39 is 0 Å². The summed E-state index contributed by atoms with van der Waals surface area (Å²) in [6.07, 6.45) is 1.57. The predicted octanol–water partition coefficient (Wildman–Crippen LogP) is 5.26. The van der Waals surface area contributed by atoms with Crippen LogP contribution in [0.4, 0.5) is 5.13 Å². The normalized spacial score (nSPS) is 10.9. The van der Waals surface area contributed by atoms with E-state index in [9.17, 15) is 9.59 Å². The van der Waals surface area contributed by atoms with E-state index in [-0.39, 0.29) is 18.2 Å². The topological polar surface area (TPSA) is 72.6 Å². The molecule has 0 fully saturated rings. The van der Waals surface area contributed by atoms with Crippen molar-refractivity contribution in [2.45, 2.75) is 20.4 Å². The monoisotopic (exact) mass is 420 g/mol. The van der Waals surface area contributed by atoms with Crippen LogP contribution in [0.25, 0.3) is 10.2 Å². The molecular weight excluding hydrogens is 400 g/mol. The summed E-state index contributed by atoms with van der Waals surface area (Å²) in [7, 11) is 1.60. The van der Waals surface area contributed by atoms with Gasteiger partial charge < -0.3 is 9.15 Å². The first-order valence-corrected chi connectivity index (χ1v) is 10.2. The molecule has 0 atom stereocenters. The van der Waals surface area contributed by atoms with Crippen LogP contribution in [0.15, 0.2) is 59.2 Å². The maximum Gasteiger partial charge on any atom is 0.260 e. The molecule has 1 amide bonds. The molecule has 0 aliphatic rings. The Hall–Kier alpha value is -3.45. The van der Waals surface area contributed by atoms with Gasteiger partial charge in [0.15, 0.2) is 10.9 Å². The van der Waals surface area contributed by atoms with Crippen molar-refractivity contribution >= 4 is 38.4 Å². The first-order valence-electron chi connectivity index (χ1n) is 9.37. The van der Waals surface area contributed by atoms with Gasteiger partial charge in [0.2, 0.25) is 0 Å². The minimum Gasteiger partial charge on any atom is -0.494 e. The van der Waals surface area contributed by atoms with Crippen LogP contribution in [0, 0.1) is 6.92 Å². The van der Waals surface area contributed by atoms with E-state index in [1.807, 2.05) is 25.1 Å². The summed E-state index contributed by atoms with van der Waals surface area (Å²) in [6, 6.07) is 14.1. The summed E-state index contributed by atoms with van der Waals surface area (Å²) in [4.78, 5) is 31.3. The maximum atomic E-state index is 13.4. The molecule has 0 N–H and O–H groups in total. The zero-order chi connectivity index (χ0) is 21.3. The molecule has 0 radical (unpaired) electrons. The minimum atomic E-state index is -0.225. The van der Waals surface area contributed by atoms with Crippen LogP contribution < -0.4 is 9.64 Å². The molecule has 0 aliphatic carbocycles. The average molecular weight is 420 g/mol. The number of hydrogen-bond donors (Lipinski definition) is 0. The number of Topliss-reactive ketones (excluding diaryl/α,β-unsaturated/α-hetero) is 1. The Balaban J connectivity index is 1.78. The number of rotatable bonds is 6. The molecule has 152 valence electrons. The number of aryl methyl sites for hydroxylation is 1. The van der Waals surface area contributed by atoms with Gasteiger partial charge in [0, 0.05) is 11.1 Å². The van der Waals surface area contributed by atoms with Gasteiger partial charge in [0.1, 0.15) is 17.0 Å². The average Bonchev–Trinajstić information content (AvgIpc) is 3.42. The van der Waals surface area contributed by atoms with Crippen molar-refractivity contribution in [1.29, 1.82) is 0 Å². The standard InChI is InChI=1S/C23H20N2O4S/c1-14-6-11-19(28-3)20-21(14)30-23(24-20)25(13-18-5-4-12-29-18)22(27)17-9-7-16(8-10-17)15(2)26/h4-12H,13H2,1-3H3. The lowest BCUT2D eigenvalue weighted by Crippen LogP contribution is -2.30. The van der Waals surface area contributed by atoms with Gasteiger partial charge >= 0.3 is 0 Å². The number of fused-ring (bicyclic) bond motifs is 1. The third-order valence-electron chi connectivity index (χ3n) is 4.82. The van der Waals surface area contributed by atoms with Crippen LogP contribution in [0.3, 0.4) is 0 Å². The van der Waals surface area contributed by atoms with Crippen LogP contribution in [-0.2, 0) is 6.54 Å². The molecule has 2 aromatic carbocycles. The number of benzene rings is 2. The molecule has 4 aromatic rings. The molecular formula is C23H20N2O4S. The van der Waals surface area contributed by atoms with Crippen molar-refractivity contribution in [3.05, 3.63) is 77.2 Å². The molecule has 0 spiro atoms. The Bertz CT molecular complexity index is 1210. The van der Waals surface area contributed by atoms with Crippen LogP contribution >= 0.6 is 11.3 Å². The number of hydrogen-bond acceptors (Lipinski definition) is 6. The van der Waals surface area contributed by atoms with E-state index >= 15 is 0 Å². The maximum absolute atomic E-state index is 13.4. The minimum absolute atomic E-state index is 0.0461. The van der Waals surface area contributed by atoms with E-state index in [1.165, 1.54) is 18.3 Å². The summed E-state index contributed by atoms with van der Waals surface area (Å²) < 4.78 is 11.9. The summed E-state index contributed by atoms with van der Waals surface area (Å²) in [5.41, 5.74) is 2.81. The van der Waals surface area contributed by atoms with Gasteiger partial charge in [-0.25, -0.2) is 4.98 Å². The highest BCUT2D eigenvalue weighted by atomic mass is 32.1. The molecule has 7 heteroatoms. The zero-order valence-corrected chi connectivity index (χ0v) is 17.7. The number of anilines is 1. The second-order valence-electron chi connectivity index (χ2n) is 6.86. The van der Waals surface area contributed by atoms with Crippen LogP contribution in [0.5, 0.6) is 5.75 Å². The Morgan fingerprint density at radius 2 is 1.83 bits per heavy atom. The third kappa shape index (κ3) is 3.71. The number of ketones is 1. The summed E-state index contributed by atoms with van der Waals surface area (Å²) in [6.45, 7) is 3.74. The Morgan fingerprint density at radius 1 is 1.10 bits per heavy atom. The van der Waals surface area contributed by atoms with Crippen LogP contribution in [0.2, 0.25) is 0 Å². The van der Waals surface area contributed by atoms with Crippen molar-refractivity contribution < 1.29 is 18.7 Å². The van der Waals surface area contributed by atoms with E-state index in [4.69, 9.17) is 14.1 Å². The van der Waals surface area contributed by atoms with E-state index in [0.717, 1.165) is 15.8 Å². The lowest BCUT2D eigenvalue weighted by molar-refractivity contribution is 0.0979. The van der Waals surface area contributed by atoms with Crippen LogP contribution in [0.1, 0.15) is 39.0 Å². The molecule has 2 aromatic heterocycles. The fraction of sp³-hybridized carbons (Fsp3) is 0.174. The number of aromatic nitrogens is 1. The number of thiazole rings is 1. The summed E-state index contributed by atoms with van der Waals surface area (Å²) >= 11 is 1.43. The van der Waals surface area contributed by atoms with Gasteiger partial charge in [0.05, 0.1) is 24.6 Å². The summed E-state index contributed by atoms with van der Waals surface area (Å²) in [5, 5.41) is 0.551. The molecule has 30 heavy (non-hydrogen) atoms. The second kappa shape index (κ2) is 8.12. The molecule has 2 heterocycles. The van der Waals surface area contributed by atoms with Gasteiger partial charge in [-0.3, -0.25) is 14.5 Å². The molecule has 0 saturated heterocycles. The highest BCUT2D eigenvalue weighted by Crippen LogP contribution is 2.37. The number of ether oxygens (including phenoxy) is 1. The number of carbonyl (C=O) groups excluding carboxylic acids is 2. The van der Waals surface area contributed by atoms with Gasteiger partial charge in [-0.15, -0.1) is 0 Å². The van der Waals surface area contributed by atoms with Crippen molar-refractivity contribution in [2.75, 3.05) is 12.0 Å². The Morgan fingerprint density at radius 3 is 2.47 bits per heavy atom. The van der Waals surface area contributed by atoms with Crippen molar-refractivity contribution in [3.8, 4) is 5.75 Å². The molecule has 0 saturated carbocycles. The number of methoxy groups -OCH3 is 1. The van der Waals surface area contributed by atoms with Crippen molar-refractivity contribution in [3.63, 3.8) is 0 Å². The SMILES string of the molecule is COc1ccc(C)c2sc(N(Cc3ccco3)C(=O)c3ccc(C(C)=O)cc3)nc12. The Labute approximate surface area is 177 Å².